The summed E-state index contributed by atoms with van der Waals surface area (Å²) in [6, 6.07) is 4.51. The molecule has 2 heteroatoms. The van der Waals surface area contributed by atoms with E-state index in [2.05, 4.69) is 19.1 Å². The lowest BCUT2D eigenvalue weighted by Crippen LogP contribution is -2.33. The minimum atomic E-state index is -0.0671. The number of nitrogens with two attached hydrogens (primary N) is 1. The zero-order valence-corrected chi connectivity index (χ0v) is 9.88. The van der Waals surface area contributed by atoms with Gasteiger partial charge in [0, 0.05) is 12.0 Å². The van der Waals surface area contributed by atoms with Gasteiger partial charge in [-0.15, -0.1) is 0 Å². The summed E-state index contributed by atoms with van der Waals surface area (Å²) in [7, 11) is 0. The molecule has 86 valence electrons. The quantitative estimate of drug-likeness (QED) is 0.785. The summed E-state index contributed by atoms with van der Waals surface area (Å²) in [4.78, 5) is 0. The van der Waals surface area contributed by atoms with Crippen molar-refractivity contribution >= 4 is 0 Å². The van der Waals surface area contributed by atoms with Gasteiger partial charge >= 0.3 is 0 Å². The van der Waals surface area contributed by atoms with Crippen molar-refractivity contribution in [2.75, 3.05) is 6.61 Å². The summed E-state index contributed by atoms with van der Waals surface area (Å²) in [5.41, 5.74) is 10.4. The minimum Gasteiger partial charge on any atom is -0.493 e. The number of hydrogen-bond donors (Lipinski definition) is 1. The molecule has 0 radical (unpaired) electrons. The number of ether oxygens (including phenoxy) is 1. The maximum Gasteiger partial charge on any atom is 0.125 e. The lowest BCUT2D eigenvalue weighted by Gasteiger charge is -2.25. The number of aryl methyl sites for hydroxylation is 1. The molecule has 0 saturated heterocycles. The summed E-state index contributed by atoms with van der Waals surface area (Å²) in [5.74, 6) is 1.10. The third kappa shape index (κ3) is 1.44. The number of rotatable bonds is 1. The molecular formula is C14H19NO. The molecule has 0 bridgehead atoms. The van der Waals surface area contributed by atoms with Gasteiger partial charge in [-0.1, -0.05) is 25.0 Å². The van der Waals surface area contributed by atoms with Crippen LogP contribution in [0.4, 0.5) is 0 Å². The first kappa shape index (κ1) is 10.2. The van der Waals surface area contributed by atoms with Crippen molar-refractivity contribution in [2.45, 2.75) is 44.6 Å². The molecule has 1 fully saturated rings. The molecule has 0 aromatic heterocycles. The molecule has 1 aromatic carbocycles. The van der Waals surface area contributed by atoms with Gasteiger partial charge in [0.1, 0.15) is 5.75 Å². The zero-order chi connectivity index (χ0) is 11.2. The van der Waals surface area contributed by atoms with E-state index in [4.69, 9.17) is 10.5 Å². The van der Waals surface area contributed by atoms with Crippen molar-refractivity contribution in [3.63, 3.8) is 0 Å². The average molecular weight is 217 g/mol. The largest absolute Gasteiger partial charge is 0.493 e. The van der Waals surface area contributed by atoms with Crippen LogP contribution in [0.25, 0.3) is 0 Å². The molecule has 1 aromatic rings. The van der Waals surface area contributed by atoms with Gasteiger partial charge in [-0.2, -0.15) is 0 Å². The van der Waals surface area contributed by atoms with E-state index in [0.717, 1.165) is 31.6 Å². The molecule has 0 spiro atoms. The van der Waals surface area contributed by atoms with E-state index in [1.165, 1.54) is 29.5 Å². The molecular weight excluding hydrogens is 198 g/mol. The zero-order valence-electron chi connectivity index (χ0n) is 9.88. The first-order chi connectivity index (χ1) is 7.69. The smallest absolute Gasteiger partial charge is 0.125 e. The lowest BCUT2D eigenvalue weighted by atomic mass is 9.87. The van der Waals surface area contributed by atoms with Crippen LogP contribution in [0.1, 0.15) is 42.4 Å². The van der Waals surface area contributed by atoms with Gasteiger partial charge in [0.15, 0.2) is 0 Å². The van der Waals surface area contributed by atoms with Crippen molar-refractivity contribution in [3.05, 3.63) is 28.8 Å². The van der Waals surface area contributed by atoms with E-state index in [-0.39, 0.29) is 5.54 Å². The highest BCUT2D eigenvalue weighted by molar-refractivity contribution is 5.48. The highest BCUT2D eigenvalue weighted by atomic mass is 16.5. The Morgan fingerprint density at radius 3 is 2.75 bits per heavy atom. The Balaban J connectivity index is 2.05. The van der Waals surface area contributed by atoms with E-state index in [9.17, 15) is 0 Å². The van der Waals surface area contributed by atoms with E-state index >= 15 is 0 Å². The molecule has 2 aliphatic rings. The third-order valence-electron chi connectivity index (χ3n) is 4.04. The van der Waals surface area contributed by atoms with Crippen molar-refractivity contribution < 1.29 is 4.74 Å². The van der Waals surface area contributed by atoms with Gasteiger partial charge < -0.3 is 10.5 Å². The molecule has 1 aliphatic heterocycles. The van der Waals surface area contributed by atoms with Gasteiger partial charge in [0.05, 0.1) is 6.61 Å². The highest BCUT2D eigenvalue weighted by Gasteiger charge is 2.32. The normalized spacial score (nSPS) is 21.9. The Hall–Kier alpha value is -1.02. The van der Waals surface area contributed by atoms with Crippen LogP contribution in [0.5, 0.6) is 5.75 Å². The molecule has 0 unspecified atom stereocenters. The molecule has 3 rings (SSSR count). The molecule has 1 heterocycles. The number of hydrogen-bond acceptors (Lipinski definition) is 2. The van der Waals surface area contributed by atoms with E-state index in [1.807, 2.05) is 0 Å². The Morgan fingerprint density at radius 2 is 2.00 bits per heavy atom. The van der Waals surface area contributed by atoms with Crippen molar-refractivity contribution in [1.82, 2.24) is 0 Å². The predicted molar refractivity (Wildman–Crippen MR) is 64.7 cm³/mol. The molecule has 0 atom stereocenters. The number of benzene rings is 1. The second-order valence-electron chi connectivity index (χ2n) is 5.24. The van der Waals surface area contributed by atoms with Crippen LogP contribution in [0.15, 0.2) is 12.1 Å². The Bertz CT molecular complexity index is 419. The van der Waals surface area contributed by atoms with Crippen molar-refractivity contribution in [1.29, 1.82) is 0 Å². The summed E-state index contributed by atoms with van der Waals surface area (Å²) < 4.78 is 5.64. The molecule has 2 N–H and O–H groups in total. The monoisotopic (exact) mass is 217 g/mol. The van der Waals surface area contributed by atoms with E-state index < -0.39 is 0 Å². The van der Waals surface area contributed by atoms with Gasteiger partial charge in [-0.05, 0) is 36.5 Å². The summed E-state index contributed by atoms with van der Waals surface area (Å²) in [6.45, 7) is 2.96. The molecule has 0 amide bonds. The third-order valence-corrected chi connectivity index (χ3v) is 4.04. The first-order valence-electron chi connectivity index (χ1n) is 6.25. The van der Waals surface area contributed by atoms with Gasteiger partial charge in [0.25, 0.3) is 0 Å². The van der Waals surface area contributed by atoms with Gasteiger partial charge in [0.2, 0.25) is 0 Å². The topological polar surface area (TPSA) is 35.2 Å². The predicted octanol–water partition coefficient (Wildman–Crippen LogP) is 2.66. The standard InChI is InChI=1S/C14H19NO/c1-10-8-12(14(15)5-2-3-6-14)9-11-4-7-16-13(10)11/h8-9H,2-7,15H2,1H3. The fourth-order valence-electron chi connectivity index (χ4n) is 3.08. The van der Waals surface area contributed by atoms with Crippen molar-refractivity contribution in [3.8, 4) is 5.75 Å². The summed E-state index contributed by atoms with van der Waals surface area (Å²) in [5, 5.41) is 0. The highest BCUT2D eigenvalue weighted by Crippen LogP contribution is 2.40. The molecule has 2 nitrogen and oxygen atoms in total. The lowest BCUT2D eigenvalue weighted by molar-refractivity contribution is 0.354. The Kier molecular flexibility index (Phi) is 2.21. The SMILES string of the molecule is Cc1cc(C2(N)CCCC2)cc2c1OCC2. The van der Waals surface area contributed by atoms with Gasteiger partial charge in [-0.3, -0.25) is 0 Å². The van der Waals surface area contributed by atoms with Crippen molar-refractivity contribution in [2.24, 2.45) is 5.73 Å². The Labute approximate surface area is 96.8 Å². The molecule has 1 aliphatic carbocycles. The van der Waals surface area contributed by atoms with E-state index in [0.29, 0.717) is 0 Å². The van der Waals surface area contributed by atoms with Crippen LogP contribution in [-0.4, -0.2) is 6.61 Å². The maximum absolute atomic E-state index is 6.50. The Morgan fingerprint density at radius 1 is 1.25 bits per heavy atom. The summed E-state index contributed by atoms with van der Waals surface area (Å²) in [6.07, 6.45) is 5.84. The van der Waals surface area contributed by atoms with Crippen LogP contribution in [0.2, 0.25) is 0 Å². The van der Waals surface area contributed by atoms with Crippen LogP contribution >= 0.6 is 0 Å². The molecule has 1 saturated carbocycles. The van der Waals surface area contributed by atoms with Gasteiger partial charge in [-0.25, -0.2) is 0 Å². The average Bonchev–Trinajstić information content (AvgIpc) is 2.86. The fourth-order valence-corrected chi connectivity index (χ4v) is 3.08. The minimum absolute atomic E-state index is 0.0671. The second-order valence-corrected chi connectivity index (χ2v) is 5.24. The summed E-state index contributed by atoms with van der Waals surface area (Å²) >= 11 is 0. The van der Waals surface area contributed by atoms with Crippen LogP contribution < -0.4 is 10.5 Å². The van der Waals surface area contributed by atoms with Crippen LogP contribution in [-0.2, 0) is 12.0 Å². The van der Waals surface area contributed by atoms with Crippen LogP contribution in [0.3, 0.4) is 0 Å². The van der Waals surface area contributed by atoms with Crippen LogP contribution in [0, 0.1) is 6.92 Å². The molecule has 16 heavy (non-hydrogen) atoms. The van der Waals surface area contributed by atoms with E-state index in [1.54, 1.807) is 0 Å². The second kappa shape index (κ2) is 3.49. The fraction of sp³-hybridized carbons (Fsp3) is 0.571. The maximum atomic E-state index is 6.50. The first-order valence-corrected chi connectivity index (χ1v) is 6.25. The number of fused-ring (bicyclic) bond motifs is 1.